The summed E-state index contributed by atoms with van der Waals surface area (Å²) in [4.78, 5) is 11.6. The van der Waals surface area contributed by atoms with E-state index in [1.54, 1.807) is 12.1 Å². The van der Waals surface area contributed by atoms with Crippen LogP contribution in [0, 0.1) is 11.7 Å². The SMILES string of the molecule is O=C1CCCC[C@H]1[C@H](O)c1ccc(F)cc1. The number of hydrogen-bond acceptors (Lipinski definition) is 2. The quantitative estimate of drug-likeness (QED) is 0.835. The highest BCUT2D eigenvalue weighted by molar-refractivity contribution is 5.82. The lowest BCUT2D eigenvalue weighted by atomic mass is 9.82. The summed E-state index contributed by atoms with van der Waals surface area (Å²) in [5.41, 5.74) is 0.627. The third-order valence-corrected chi connectivity index (χ3v) is 3.19. The molecule has 1 saturated carbocycles. The average molecular weight is 222 g/mol. The van der Waals surface area contributed by atoms with Crippen molar-refractivity contribution < 1.29 is 14.3 Å². The van der Waals surface area contributed by atoms with E-state index < -0.39 is 6.10 Å². The molecule has 2 atom stereocenters. The van der Waals surface area contributed by atoms with Crippen molar-refractivity contribution in [3.63, 3.8) is 0 Å². The monoisotopic (exact) mass is 222 g/mol. The maximum absolute atomic E-state index is 12.7. The van der Waals surface area contributed by atoms with Crippen LogP contribution < -0.4 is 0 Å². The van der Waals surface area contributed by atoms with Crippen LogP contribution in [0.2, 0.25) is 0 Å². The molecule has 16 heavy (non-hydrogen) atoms. The Balaban J connectivity index is 2.14. The first-order chi connectivity index (χ1) is 7.68. The third-order valence-electron chi connectivity index (χ3n) is 3.19. The number of aliphatic hydroxyl groups is 1. The summed E-state index contributed by atoms with van der Waals surface area (Å²) in [6, 6.07) is 5.71. The summed E-state index contributed by atoms with van der Waals surface area (Å²) < 4.78 is 12.7. The molecule has 86 valence electrons. The van der Waals surface area contributed by atoms with Gasteiger partial charge in [0.15, 0.2) is 0 Å². The minimum atomic E-state index is -0.784. The number of carbonyl (C=O) groups is 1. The van der Waals surface area contributed by atoms with Gasteiger partial charge in [0.25, 0.3) is 0 Å². The second-order valence-corrected chi connectivity index (χ2v) is 4.31. The lowest BCUT2D eigenvalue weighted by molar-refractivity contribution is -0.128. The van der Waals surface area contributed by atoms with Gasteiger partial charge in [-0.2, -0.15) is 0 Å². The van der Waals surface area contributed by atoms with E-state index >= 15 is 0 Å². The Morgan fingerprint density at radius 2 is 1.94 bits per heavy atom. The molecule has 1 aliphatic carbocycles. The fourth-order valence-electron chi connectivity index (χ4n) is 2.24. The molecular weight excluding hydrogens is 207 g/mol. The lowest BCUT2D eigenvalue weighted by Gasteiger charge is -2.25. The van der Waals surface area contributed by atoms with Crippen molar-refractivity contribution in [2.45, 2.75) is 31.8 Å². The van der Waals surface area contributed by atoms with E-state index in [0.29, 0.717) is 12.0 Å². The van der Waals surface area contributed by atoms with Crippen molar-refractivity contribution in [1.29, 1.82) is 0 Å². The molecule has 1 aromatic rings. The van der Waals surface area contributed by atoms with Crippen molar-refractivity contribution in [1.82, 2.24) is 0 Å². The van der Waals surface area contributed by atoms with Gasteiger partial charge in [-0.3, -0.25) is 4.79 Å². The Bertz CT molecular complexity index is 372. The smallest absolute Gasteiger partial charge is 0.138 e. The third kappa shape index (κ3) is 2.30. The van der Waals surface area contributed by atoms with E-state index in [2.05, 4.69) is 0 Å². The normalized spacial score (nSPS) is 23.1. The second-order valence-electron chi connectivity index (χ2n) is 4.31. The van der Waals surface area contributed by atoms with Gasteiger partial charge in [-0.05, 0) is 30.5 Å². The Morgan fingerprint density at radius 3 is 2.56 bits per heavy atom. The average Bonchev–Trinajstić information content (AvgIpc) is 2.30. The van der Waals surface area contributed by atoms with Crippen LogP contribution in [0.1, 0.15) is 37.4 Å². The van der Waals surface area contributed by atoms with Crippen molar-refractivity contribution in [3.8, 4) is 0 Å². The topological polar surface area (TPSA) is 37.3 Å². The van der Waals surface area contributed by atoms with E-state index in [1.165, 1.54) is 12.1 Å². The fourth-order valence-corrected chi connectivity index (χ4v) is 2.24. The van der Waals surface area contributed by atoms with E-state index in [0.717, 1.165) is 19.3 Å². The molecule has 0 amide bonds. The van der Waals surface area contributed by atoms with Gasteiger partial charge in [-0.25, -0.2) is 4.39 Å². The Hall–Kier alpha value is -1.22. The van der Waals surface area contributed by atoms with Crippen LogP contribution >= 0.6 is 0 Å². The van der Waals surface area contributed by atoms with Crippen LogP contribution in [-0.2, 0) is 4.79 Å². The fraction of sp³-hybridized carbons (Fsp3) is 0.462. The minimum Gasteiger partial charge on any atom is -0.388 e. The molecule has 1 N–H and O–H groups in total. The second kappa shape index (κ2) is 4.74. The molecule has 3 heteroatoms. The maximum atomic E-state index is 12.7. The molecule has 0 unspecified atom stereocenters. The van der Waals surface area contributed by atoms with Gasteiger partial charge >= 0.3 is 0 Å². The van der Waals surface area contributed by atoms with Gasteiger partial charge in [0.2, 0.25) is 0 Å². The first-order valence-corrected chi connectivity index (χ1v) is 5.65. The lowest BCUT2D eigenvalue weighted by Crippen LogP contribution is -2.25. The minimum absolute atomic E-state index is 0.128. The summed E-state index contributed by atoms with van der Waals surface area (Å²) in [6.45, 7) is 0. The van der Waals surface area contributed by atoms with E-state index in [4.69, 9.17) is 0 Å². The van der Waals surface area contributed by atoms with E-state index in [1.807, 2.05) is 0 Å². The number of hydrogen-bond donors (Lipinski definition) is 1. The molecule has 0 spiro atoms. The molecule has 1 fully saturated rings. The molecule has 0 heterocycles. The zero-order chi connectivity index (χ0) is 11.5. The molecule has 0 aromatic heterocycles. The summed E-state index contributed by atoms with van der Waals surface area (Å²) in [5, 5.41) is 10.1. The predicted octanol–water partition coefficient (Wildman–Crippen LogP) is 2.62. The highest BCUT2D eigenvalue weighted by Crippen LogP contribution is 2.31. The van der Waals surface area contributed by atoms with Crippen LogP contribution in [0.5, 0.6) is 0 Å². The zero-order valence-electron chi connectivity index (χ0n) is 9.03. The first-order valence-electron chi connectivity index (χ1n) is 5.65. The van der Waals surface area contributed by atoms with Crippen LogP contribution in [0.3, 0.4) is 0 Å². The summed E-state index contributed by atoms with van der Waals surface area (Å²) in [7, 11) is 0. The molecule has 0 bridgehead atoms. The van der Waals surface area contributed by atoms with Crippen molar-refractivity contribution >= 4 is 5.78 Å². The van der Waals surface area contributed by atoms with Gasteiger partial charge in [-0.1, -0.05) is 18.6 Å². The van der Waals surface area contributed by atoms with E-state index in [-0.39, 0.29) is 17.5 Å². The molecule has 2 rings (SSSR count). The van der Waals surface area contributed by atoms with Crippen molar-refractivity contribution in [2.24, 2.45) is 5.92 Å². The van der Waals surface area contributed by atoms with E-state index in [9.17, 15) is 14.3 Å². The standard InChI is InChI=1S/C13H15FO2/c14-10-7-5-9(6-8-10)13(16)11-3-1-2-4-12(11)15/h5-8,11,13,16H,1-4H2/t11-,13-/m1/s1. The van der Waals surface area contributed by atoms with Crippen LogP contribution in [0.15, 0.2) is 24.3 Å². The summed E-state index contributed by atoms with van der Waals surface area (Å²) in [6.07, 6.45) is 2.41. The van der Waals surface area contributed by atoms with Gasteiger partial charge in [-0.15, -0.1) is 0 Å². The van der Waals surface area contributed by atoms with Gasteiger partial charge in [0, 0.05) is 12.3 Å². The van der Waals surface area contributed by atoms with Gasteiger partial charge in [0.05, 0.1) is 6.10 Å². The molecule has 0 saturated heterocycles. The molecule has 2 nitrogen and oxygen atoms in total. The van der Waals surface area contributed by atoms with Crippen LogP contribution in [-0.4, -0.2) is 10.9 Å². The Labute approximate surface area is 94.1 Å². The van der Waals surface area contributed by atoms with Gasteiger partial charge in [0.1, 0.15) is 11.6 Å². The molecule has 1 aliphatic rings. The molecular formula is C13H15FO2. The predicted molar refractivity (Wildman–Crippen MR) is 58.3 cm³/mol. The number of benzene rings is 1. The Kier molecular flexibility index (Phi) is 3.34. The van der Waals surface area contributed by atoms with Crippen molar-refractivity contribution in [2.75, 3.05) is 0 Å². The molecule has 1 aromatic carbocycles. The number of rotatable bonds is 2. The zero-order valence-corrected chi connectivity index (χ0v) is 9.03. The first kappa shape index (κ1) is 11.3. The molecule has 0 radical (unpaired) electrons. The summed E-state index contributed by atoms with van der Waals surface area (Å²) >= 11 is 0. The molecule has 0 aliphatic heterocycles. The number of aliphatic hydroxyl groups excluding tert-OH is 1. The van der Waals surface area contributed by atoms with Crippen molar-refractivity contribution in [3.05, 3.63) is 35.6 Å². The largest absolute Gasteiger partial charge is 0.388 e. The maximum Gasteiger partial charge on any atom is 0.138 e. The summed E-state index contributed by atoms with van der Waals surface area (Å²) in [5.74, 6) is -0.506. The Morgan fingerprint density at radius 1 is 1.25 bits per heavy atom. The number of Topliss-reactive ketones (excluding diaryl/α,β-unsaturated/α-hetero) is 1. The number of carbonyl (C=O) groups excluding carboxylic acids is 1. The van der Waals surface area contributed by atoms with Crippen LogP contribution in [0.4, 0.5) is 4.39 Å². The number of ketones is 1. The highest BCUT2D eigenvalue weighted by Gasteiger charge is 2.29. The highest BCUT2D eigenvalue weighted by atomic mass is 19.1. The van der Waals surface area contributed by atoms with Crippen LogP contribution in [0.25, 0.3) is 0 Å². The number of halogens is 1. The van der Waals surface area contributed by atoms with Gasteiger partial charge < -0.3 is 5.11 Å².